The van der Waals surface area contributed by atoms with Crippen LogP contribution in [0.15, 0.2) is 38.8 Å². The Bertz CT molecular complexity index is 887. The van der Waals surface area contributed by atoms with Crippen molar-refractivity contribution in [3.8, 4) is 0 Å². The summed E-state index contributed by atoms with van der Waals surface area (Å²) in [6, 6.07) is 8.14. The van der Waals surface area contributed by atoms with Crippen molar-refractivity contribution < 1.29 is 9.69 Å². The Balaban J connectivity index is 2.17. The zero-order valence-electron chi connectivity index (χ0n) is 15.3. The third kappa shape index (κ3) is 4.64. The summed E-state index contributed by atoms with van der Waals surface area (Å²) in [6.45, 7) is 3.00. The van der Waals surface area contributed by atoms with Crippen molar-refractivity contribution in [1.82, 2.24) is 9.55 Å². The van der Waals surface area contributed by atoms with Gasteiger partial charge in [-0.25, -0.2) is 4.79 Å². The number of nitrogens with one attached hydrogen (secondary N) is 2. The number of Topliss-reactive ketones (excluding diaryl/α,β-unsaturated/α-hetero) is 1. The monoisotopic (exact) mass is 377 g/mol. The molecule has 0 saturated heterocycles. The number of hydrogen-bond acceptors (Lipinski definition) is 5. The number of nitrogens with two attached hydrogens (primary N) is 1. The van der Waals surface area contributed by atoms with Gasteiger partial charge in [0.25, 0.3) is 5.56 Å². The molecule has 0 fully saturated rings. The van der Waals surface area contributed by atoms with E-state index in [0.717, 1.165) is 10.5 Å². The number of aromatic nitrogens is 2. The van der Waals surface area contributed by atoms with Crippen LogP contribution in [-0.2, 0) is 13.1 Å². The summed E-state index contributed by atoms with van der Waals surface area (Å²) in [6.07, 6.45) is 2.69. The number of carbonyl (C=O) groups excluding carboxylic acids is 1. The van der Waals surface area contributed by atoms with Crippen molar-refractivity contribution >= 4 is 23.4 Å². The SMILES string of the molecule is CCCn1c(N)c(C(=O)C[NH+](C)Cc2ccc(SC)cc2)c(=O)[nH]c1=O. The highest BCUT2D eigenvalue weighted by atomic mass is 32.2. The summed E-state index contributed by atoms with van der Waals surface area (Å²) in [4.78, 5) is 40.9. The highest BCUT2D eigenvalue weighted by Crippen LogP contribution is 2.14. The first kappa shape index (κ1) is 20.0. The van der Waals surface area contributed by atoms with Crippen molar-refractivity contribution in [3.63, 3.8) is 0 Å². The molecule has 1 heterocycles. The fourth-order valence-corrected chi connectivity index (χ4v) is 3.23. The summed E-state index contributed by atoms with van der Waals surface area (Å²) >= 11 is 1.67. The van der Waals surface area contributed by atoms with E-state index in [4.69, 9.17) is 5.73 Å². The highest BCUT2D eigenvalue weighted by Gasteiger charge is 2.22. The predicted octanol–water partition coefficient (Wildman–Crippen LogP) is 0.148. The molecule has 26 heavy (non-hydrogen) atoms. The summed E-state index contributed by atoms with van der Waals surface area (Å²) in [5, 5.41) is 0. The van der Waals surface area contributed by atoms with Crippen LogP contribution in [0.3, 0.4) is 0 Å². The van der Waals surface area contributed by atoms with Crippen LogP contribution in [-0.4, -0.2) is 35.2 Å². The van der Waals surface area contributed by atoms with Crippen LogP contribution in [0.25, 0.3) is 0 Å². The average Bonchev–Trinajstić information content (AvgIpc) is 2.59. The van der Waals surface area contributed by atoms with Crippen LogP contribution >= 0.6 is 11.8 Å². The van der Waals surface area contributed by atoms with Crippen molar-refractivity contribution in [2.24, 2.45) is 0 Å². The number of benzene rings is 1. The normalized spacial score (nSPS) is 12.1. The lowest BCUT2D eigenvalue weighted by atomic mass is 10.1. The molecule has 0 amide bonds. The molecular weight excluding hydrogens is 352 g/mol. The fourth-order valence-electron chi connectivity index (χ4n) is 2.82. The van der Waals surface area contributed by atoms with E-state index >= 15 is 0 Å². The van der Waals surface area contributed by atoms with E-state index in [0.29, 0.717) is 19.5 Å². The molecule has 0 bridgehead atoms. The summed E-state index contributed by atoms with van der Waals surface area (Å²) in [5.41, 5.74) is 5.61. The predicted molar refractivity (Wildman–Crippen MR) is 104 cm³/mol. The zero-order valence-corrected chi connectivity index (χ0v) is 16.1. The van der Waals surface area contributed by atoms with E-state index in [9.17, 15) is 14.4 Å². The van der Waals surface area contributed by atoms with E-state index < -0.39 is 11.2 Å². The molecule has 0 radical (unpaired) electrons. The number of anilines is 1. The Morgan fingerprint density at radius 1 is 1.27 bits per heavy atom. The maximum Gasteiger partial charge on any atom is 0.329 e. The molecule has 0 spiro atoms. The topological polar surface area (TPSA) is 102 Å². The van der Waals surface area contributed by atoms with E-state index in [-0.39, 0.29) is 23.7 Å². The maximum atomic E-state index is 12.6. The number of H-pyrrole nitrogens is 1. The van der Waals surface area contributed by atoms with Crippen LogP contribution in [0.5, 0.6) is 0 Å². The molecule has 0 aliphatic rings. The van der Waals surface area contributed by atoms with Gasteiger partial charge in [-0.2, -0.15) is 0 Å². The van der Waals surface area contributed by atoms with Gasteiger partial charge < -0.3 is 10.6 Å². The number of hydrogen-bond donors (Lipinski definition) is 3. The van der Waals surface area contributed by atoms with Gasteiger partial charge in [0, 0.05) is 17.0 Å². The van der Waals surface area contributed by atoms with E-state index in [1.165, 1.54) is 9.46 Å². The first-order valence-electron chi connectivity index (χ1n) is 8.47. The molecule has 7 nitrogen and oxygen atoms in total. The fraction of sp³-hybridized carbons (Fsp3) is 0.389. The van der Waals surface area contributed by atoms with Gasteiger partial charge in [-0.3, -0.25) is 19.1 Å². The Morgan fingerprint density at radius 3 is 2.50 bits per heavy atom. The number of rotatable bonds is 8. The van der Waals surface area contributed by atoms with Gasteiger partial charge in [-0.1, -0.05) is 19.1 Å². The Morgan fingerprint density at radius 2 is 1.92 bits per heavy atom. The van der Waals surface area contributed by atoms with Crippen LogP contribution in [0.1, 0.15) is 29.3 Å². The number of aromatic amines is 1. The lowest BCUT2D eigenvalue weighted by molar-refractivity contribution is -0.884. The Labute approximate surface area is 156 Å². The molecule has 0 saturated carbocycles. The second-order valence-electron chi connectivity index (χ2n) is 6.25. The van der Waals surface area contributed by atoms with Crippen LogP contribution < -0.4 is 21.9 Å². The molecular formula is C18H25N4O3S+. The van der Waals surface area contributed by atoms with Gasteiger partial charge in [0.1, 0.15) is 24.5 Å². The molecule has 0 aliphatic heterocycles. The van der Waals surface area contributed by atoms with Gasteiger partial charge in [-0.05, 0) is 24.8 Å². The smallest absolute Gasteiger partial charge is 0.329 e. The Kier molecular flexibility index (Phi) is 6.82. The third-order valence-corrected chi connectivity index (χ3v) is 4.84. The first-order valence-corrected chi connectivity index (χ1v) is 9.69. The standard InChI is InChI=1S/C18H24N4O3S/c1-4-9-22-16(19)15(17(24)20-18(22)25)14(23)11-21(2)10-12-5-7-13(26-3)8-6-12/h5-8H,4,9-11,19H2,1-3H3,(H,20,24,25)/p+1. The van der Waals surface area contributed by atoms with Crippen LogP contribution in [0, 0.1) is 0 Å². The van der Waals surface area contributed by atoms with Crippen molar-refractivity contribution in [1.29, 1.82) is 0 Å². The summed E-state index contributed by atoms with van der Waals surface area (Å²) in [5.74, 6) is -0.422. The Hall–Kier alpha value is -2.32. The number of quaternary nitrogens is 1. The van der Waals surface area contributed by atoms with E-state index in [1.54, 1.807) is 11.8 Å². The number of nitrogen functional groups attached to an aromatic ring is 1. The van der Waals surface area contributed by atoms with Gasteiger partial charge in [0.15, 0.2) is 0 Å². The minimum absolute atomic E-state index is 0.0530. The lowest BCUT2D eigenvalue weighted by Gasteiger charge is -2.15. The number of thioether (sulfide) groups is 1. The summed E-state index contributed by atoms with van der Waals surface area (Å²) in [7, 11) is 1.88. The molecule has 1 aromatic heterocycles. The van der Waals surface area contributed by atoms with Crippen LogP contribution in [0.4, 0.5) is 5.82 Å². The van der Waals surface area contributed by atoms with Gasteiger partial charge in [0.2, 0.25) is 5.78 Å². The van der Waals surface area contributed by atoms with E-state index in [1.807, 2.05) is 44.5 Å². The van der Waals surface area contributed by atoms with Crippen molar-refractivity contribution in [2.75, 3.05) is 25.6 Å². The van der Waals surface area contributed by atoms with Gasteiger partial charge >= 0.3 is 5.69 Å². The van der Waals surface area contributed by atoms with Gasteiger partial charge in [-0.15, -0.1) is 11.8 Å². The van der Waals surface area contributed by atoms with E-state index in [2.05, 4.69) is 4.98 Å². The molecule has 1 aromatic carbocycles. The molecule has 2 aromatic rings. The summed E-state index contributed by atoms with van der Waals surface area (Å²) < 4.78 is 1.24. The lowest BCUT2D eigenvalue weighted by Crippen LogP contribution is -3.08. The number of ketones is 1. The minimum atomic E-state index is -0.720. The average molecular weight is 377 g/mol. The van der Waals surface area contributed by atoms with Crippen LogP contribution in [0.2, 0.25) is 0 Å². The molecule has 8 heteroatoms. The second-order valence-corrected chi connectivity index (χ2v) is 7.13. The third-order valence-electron chi connectivity index (χ3n) is 4.09. The molecule has 1 unspecified atom stereocenters. The molecule has 140 valence electrons. The zero-order chi connectivity index (χ0) is 19.3. The van der Waals surface area contributed by atoms with Crippen molar-refractivity contribution in [2.45, 2.75) is 31.3 Å². The highest BCUT2D eigenvalue weighted by molar-refractivity contribution is 7.98. The van der Waals surface area contributed by atoms with Crippen molar-refractivity contribution in [3.05, 3.63) is 56.2 Å². The minimum Gasteiger partial charge on any atom is -0.384 e. The van der Waals surface area contributed by atoms with Gasteiger partial charge in [0.05, 0.1) is 7.05 Å². The number of carbonyl (C=O) groups is 1. The number of likely N-dealkylation sites (N-methyl/N-ethyl adjacent to an activating group) is 1. The molecule has 1 atom stereocenters. The largest absolute Gasteiger partial charge is 0.384 e. The molecule has 2 rings (SSSR count). The quantitative estimate of drug-likeness (QED) is 0.449. The molecule has 0 aliphatic carbocycles. The maximum absolute atomic E-state index is 12.6. The molecule has 4 N–H and O–H groups in total. The first-order chi connectivity index (χ1) is 12.4. The second kappa shape index (κ2) is 8.86. The number of nitrogens with zero attached hydrogens (tertiary/aromatic N) is 1.